The zero-order valence-electron chi connectivity index (χ0n) is 17.8. The summed E-state index contributed by atoms with van der Waals surface area (Å²) in [5.74, 6) is 1.38. The first-order chi connectivity index (χ1) is 11.8. The number of nitrogens with zero attached hydrogens (tertiary/aromatic N) is 1. The predicted octanol–water partition coefficient (Wildman–Crippen LogP) is 5.74. The molecule has 0 aliphatic rings. The van der Waals surface area contributed by atoms with Crippen molar-refractivity contribution in [1.82, 2.24) is 0 Å². The van der Waals surface area contributed by atoms with E-state index in [1.807, 2.05) is 45.0 Å². The fourth-order valence-corrected chi connectivity index (χ4v) is 1.21. The number of benzene rings is 1. The number of rotatable bonds is 5. The minimum Gasteiger partial charge on any atom is -0.493 e. The van der Waals surface area contributed by atoms with Crippen molar-refractivity contribution in [3.63, 3.8) is 0 Å². The van der Waals surface area contributed by atoms with Crippen molar-refractivity contribution >= 4 is 17.9 Å². The van der Waals surface area contributed by atoms with Gasteiger partial charge in [-0.05, 0) is 30.2 Å². The number of carbonyl (C=O) groups is 2. The van der Waals surface area contributed by atoms with Crippen molar-refractivity contribution in [1.29, 1.82) is 0 Å². The van der Waals surface area contributed by atoms with E-state index in [4.69, 9.17) is 4.74 Å². The van der Waals surface area contributed by atoms with E-state index in [1.165, 1.54) is 6.42 Å². The fraction of sp³-hybridized carbons (Fsp3) is 0.619. The van der Waals surface area contributed by atoms with Crippen LogP contribution in [0.2, 0.25) is 0 Å². The molecule has 25 heavy (non-hydrogen) atoms. The van der Waals surface area contributed by atoms with E-state index in [9.17, 15) is 9.59 Å². The summed E-state index contributed by atoms with van der Waals surface area (Å²) in [5, 5.41) is 0. The average Bonchev–Trinajstić information content (AvgIpc) is 2.62. The largest absolute Gasteiger partial charge is 0.493 e. The smallest absolute Gasteiger partial charge is 0.223 e. The molecule has 0 atom stereocenters. The molecule has 0 heterocycles. The van der Waals surface area contributed by atoms with Gasteiger partial charge >= 0.3 is 0 Å². The molecule has 1 rings (SSSR count). The molecule has 1 amide bonds. The Morgan fingerprint density at radius 3 is 1.80 bits per heavy atom. The zero-order valence-corrected chi connectivity index (χ0v) is 17.8. The van der Waals surface area contributed by atoms with Gasteiger partial charge in [0.1, 0.15) is 12.0 Å². The van der Waals surface area contributed by atoms with Crippen LogP contribution in [0.3, 0.4) is 0 Å². The molecule has 0 unspecified atom stereocenters. The Labute approximate surface area is 155 Å². The SMILES string of the molecule is CC.CC(=O)N(C)c1ccc(OCC(C)C)cc1.CCC.CCC=O. The molecule has 4 heteroatoms. The molecule has 0 spiro atoms. The van der Waals surface area contributed by atoms with Crippen LogP contribution in [-0.2, 0) is 9.59 Å². The number of amides is 1. The zero-order chi connectivity index (χ0) is 20.3. The second kappa shape index (κ2) is 20.2. The molecule has 0 aromatic heterocycles. The summed E-state index contributed by atoms with van der Waals surface area (Å²) in [6.45, 7) is 16.5. The highest BCUT2D eigenvalue weighted by molar-refractivity contribution is 5.90. The number of anilines is 1. The van der Waals surface area contributed by atoms with Gasteiger partial charge < -0.3 is 14.4 Å². The Morgan fingerprint density at radius 1 is 1.12 bits per heavy atom. The Balaban J connectivity index is -0.000000452. The summed E-state index contributed by atoms with van der Waals surface area (Å²) in [7, 11) is 1.76. The maximum absolute atomic E-state index is 11.1. The third-order valence-electron chi connectivity index (χ3n) is 2.45. The van der Waals surface area contributed by atoms with E-state index >= 15 is 0 Å². The van der Waals surface area contributed by atoms with Crippen molar-refractivity contribution < 1.29 is 14.3 Å². The molecule has 4 nitrogen and oxygen atoms in total. The summed E-state index contributed by atoms with van der Waals surface area (Å²) in [5.41, 5.74) is 0.879. The normalized spacial score (nSPS) is 8.56. The molecule has 0 aliphatic carbocycles. The maximum Gasteiger partial charge on any atom is 0.223 e. The molecular weight excluding hydrogens is 314 g/mol. The lowest BCUT2D eigenvalue weighted by Crippen LogP contribution is -2.22. The van der Waals surface area contributed by atoms with Crippen molar-refractivity contribution in [2.45, 2.75) is 68.2 Å². The van der Waals surface area contributed by atoms with Gasteiger partial charge in [0.2, 0.25) is 5.91 Å². The van der Waals surface area contributed by atoms with Crippen LogP contribution in [0.4, 0.5) is 5.69 Å². The van der Waals surface area contributed by atoms with Crippen molar-refractivity contribution in [2.24, 2.45) is 5.92 Å². The molecule has 0 bridgehead atoms. The predicted molar refractivity (Wildman–Crippen MR) is 110 cm³/mol. The number of carbonyl (C=O) groups excluding carboxylic acids is 2. The van der Waals surface area contributed by atoms with Crippen LogP contribution < -0.4 is 9.64 Å². The lowest BCUT2D eigenvalue weighted by atomic mass is 10.2. The molecule has 146 valence electrons. The van der Waals surface area contributed by atoms with Crippen molar-refractivity contribution in [2.75, 3.05) is 18.6 Å². The minimum atomic E-state index is 0.0239. The quantitative estimate of drug-likeness (QED) is 0.634. The molecule has 0 N–H and O–H groups in total. The molecule has 0 saturated heterocycles. The second-order valence-corrected chi connectivity index (χ2v) is 5.56. The van der Waals surface area contributed by atoms with Crippen LogP contribution in [0, 0.1) is 5.92 Å². The summed E-state index contributed by atoms with van der Waals surface area (Å²) in [6, 6.07) is 7.54. The molecule has 0 aliphatic heterocycles. The van der Waals surface area contributed by atoms with Gasteiger partial charge in [0.25, 0.3) is 0 Å². The highest BCUT2D eigenvalue weighted by Crippen LogP contribution is 2.18. The molecular formula is C21H39NO3. The Morgan fingerprint density at radius 2 is 1.52 bits per heavy atom. The van der Waals surface area contributed by atoms with Crippen LogP contribution in [0.5, 0.6) is 5.75 Å². The van der Waals surface area contributed by atoms with Crippen molar-refractivity contribution in [3.05, 3.63) is 24.3 Å². The fourth-order valence-electron chi connectivity index (χ4n) is 1.21. The summed E-state index contributed by atoms with van der Waals surface area (Å²) in [6.07, 6.45) is 2.76. The monoisotopic (exact) mass is 353 g/mol. The summed E-state index contributed by atoms with van der Waals surface area (Å²) in [4.78, 5) is 21.9. The van der Waals surface area contributed by atoms with Crippen LogP contribution in [0.1, 0.15) is 68.2 Å². The first kappa shape index (κ1) is 28.0. The van der Waals surface area contributed by atoms with Gasteiger partial charge in [-0.25, -0.2) is 0 Å². The van der Waals surface area contributed by atoms with Gasteiger partial charge in [0.05, 0.1) is 6.61 Å². The molecule has 0 saturated carbocycles. The minimum absolute atomic E-state index is 0.0239. The number of hydrogen-bond acceptors (Lipinski definition) is 3. The van der Waals surface area contributed by atoms with Crippen molar-refractivity contribution in [3.8, 4) is 5.75 Å². The van der Waals surface area contributed by atoms with Gasteiger partial charge in [-0.3, -0.25) is 4.79 Å². The molecule has 0 radical (unpaired) electrons. The third-order valence-corrected chi connectivity index (χ3v) is 2.45. The number of ether oxygens (including phenoxy) is 1. The highest BCUT2D eigenvalue weighted by atomic mass is 16.5. The number of aldehydes is 1. The molecule has 0 fully saturated rings. The van der Waals surface area contributed by atoms with Crippen LogP contribution in [0.25, 0.3) is 0 Å². The van der Waals surface area contributed by atoms with Gasteiger partial charge in [0, 0.05) is 26.1 Å². The van der Waals surface area contributed by atoms with Crippen LogP contribution >= 0.6 is 0 Å². The Hall–Kier alpha value is -1.84. The topological polar surface area (TPSA) is 46.6 Å². The van der Waals surface area contributed by atoms with Gasteiger partial charge in [-0.1, -0.05) is 54.9 Å². The van der Waals surface area contributed by atoms with Gasteiger partial charge in [-0.15, -0.1) is 0 Å². The standard InChI is InChI=1S/C13H19NO2.C3H6O.C3H8.C2H6/c1-10(2)9-16-13-7-5-12(6-8-13)14(4)11(3)15;1-2-3-4;1-3-2;1-2/h5-8,10H,9H2,1-4H3;3H,2H2,1H3;3H2,1-2H3;1-2H3. The van der Waals surface area contributed by atoms with Crippen LogP contribution in [0.15, 0.2) is 24.3 Å². The Kier molecular flexibility index (Phi) is 22.6. The Bertz CT molecular complexity index is 414. The molecule has 1 aromatic carbocycles. The third kappa shape index (κ3) is 18.3. The highest BCUT2D eigenvalue weighted by Gasteiger charge is 2.05. The molecule has 1 aromatic rings. The second-order valence-electron chi connectivity index (χ2n) is 5.56. The van der Waals surface area contributed by atoms with E-state index in [0.29, 0.717) is 18.9 Å². The van der Waals surface area contributed by atoms with Gasteiger partial charge in [-0.2, -0.15) is 0 Å². The average molecular weight is 354 g/mol. The van der Waals surface area contributed by atoms with E-state index in [1.54, 1.807) is 18.9 Å². The summed E-state index contributed by atoms with van der Waals surface area (Å²) >= 11 is 0. The van der Waals surface area contributed by atoms with E-state index in [0.717, 1.165) is 17.7 Å². The van der Waals surface area contributed by atoms with Crippen LogP contribution in [-0.4, -0.2) is 25.8 Å². The van der Waals surface area contributed by atoms with Gasteiger partial charge in [0.15, 0.2) is 0 Å². The first-order valence-electron chi connectivity index (χ1n) is 9.24. The summed E-state index contributed by atoms with van der Waals surface area (Å²) < 4.78 is 5.56. The maximum atomic E-state index is 11.1. The lowest BCUT2D eigenvalue weighted by Gasteiger charge is -2.15. The van der Waals surface area contributed by atoms with E-state index < -0.39 is 0 Å². The van der Waals surface area contributed by atoms with E-state index in [-0.39, 0.29) is 5.91 Å². The lowest BCUT2D eigenvalue weighted by molar-refractivity contribution is -0.116. The van der Waals surface area contributed by atoms with E-state index in [2.05, 4.69) is 27.7 Å². The first-order valence-corrected chi connectivity index (χ1v) is 9.24. The number of hydrogen-bond donors (Lipinski definition) is 0.